The number of carbonyl (C=O) groups is 2. The molecule has 2 aliphatic heterocycles. The number of likely N-dealkylation sites (tertiary alicyclic amines) is 1. The van der Waals surface area contributed by atoms with Gasteiger partial charge in [0.1, 0.15) is 5.82 Å². The summed E-state index contributed by atoms with van der Waals surface area (Å²) in [7, 11) is 0. The molecule has 0 bridgehead atoms. The van der Waals surface area contributed by atoms with Crippen molar-refractivity contribution in [1.29, 1.82) is 0 Å². The number of nitrogens with one attached hydrogen (secondary N) is 1. The Balaban J connectivity index is 1.81. The highest BCUT2D eigenvalue weighted by atomic mass is 19.1. The zero-order valence-electron chi connectivity index (χ0n) is 13.0. The van der Waals surface area contributed by atoms with Gasteiger partial charge in [-0.3, -0.25) is 9.69 Å². The number of anilines is 1. The Morgan fingerprint density at radius 2 is 2.00 bits per heavy atom. The van der Waals surface area contributed by atoms with Crippen LogP contribution in [0, 0.1) is 5.82 Å². The summed E-state index contributed by atoms with van der Waals surface area (Å²) >= 11 is 0. The van der Waals surface area contributed by atoms with Gasteiger partial charge >= 0.3 is 6.03 Å². The molecule has 1 aromatic rings. The molecule has 2 fully saturated rings. The minimum absolute atomic E-state index is 0.0382. The first-order valence-corrected chi connectivity index (χ1v) is 7.74. The third kappa shape index (κ3) is 3.14. The molecule has 0 unspecified atom stereocenters. The lowest BCUT2D eigenvalue weighted by molar-refractivity contribution is -0.00213. The van der Waals surface area contributed by atoms with Gasteiger partial charge in [0.15, 0.2) is 0 Å². The van der Waals surface area contributed by atoms with Gasteiger partial charge in [0.25, 0.3) is 5.91 Å². The second-order valence-corrected chi connectivity index (χ2v) is 6.34. The van der Waals surface area contributed by atoms with Crippen molar-refractivity contribution >= 4 is 17.6 Å². The van der Waals surface area contributed by atoms with Crippen molar-refractivity contribution in [3.05, 3.63) is 29.6 Å². The highest BCUT2D eigenvalue weighted by Crippen LogP contribution is 2.25. The van der Waals surface area contributed by atoms with Crippen LogP contribution in [0.4, 0.5) is 14.9 Å². The first-order valence-electron chi connectivity index (χ1n) is 7.74. The van der Waals surface area contributed by atoms with E-state index in [1.165, 1.54) is 23.1 Å². The minimum Gasteiger partial charge on any atom is -0.390 e. The molecule has 2 saturated heterocycles. The van der Waals surface area contributed by atoms with E-state index in [1.807, 2.05) is 0 Å². The number of nitrogens with zero attached hydrogens (tertiary/aromatic N) is 2. The molecule has 23 heavy (non-hydrogen) atoms. The molecule has 7 heteroatoms. The van der Waals surface area contributed by atoms with E-state index in [1.54, 1.807) is 11.8 Å². The lowest BCUT2D eigenvalue weighted by atomic mass is 9.93. The average Bonchev–Trinajstić information content (AvgIpc) is 2.93. The maximum Gasteiger partial charge on any atom is 0.321 e. The maximum atomic E-state index is 14.1. The van der Waals surface area contributed by atoms with Gasteiger partial charge in [-0.05, 0) is 38.0 Å². The van der Waals surface area contributed by atoms with Crippen LogP contribution < -0.4 is 10.2 Å². The van der Waals surface area contributed by atoms with Crippen molar-refractivity contribution < 1.29 is 19.1 Å². The Hall–Kier alpha value is -2.15. The van der Waals surface area contributed by atoms with Crippen LogP contribution in [-0.4, -0.2) is 53.7 Å². The van der Waals surface area contributed by atoms with Crippen molar-refractivity contribution in [2.75, 3.05) is 31.1 Å². The molecule has 124 valence electrons. The SMILES string of the molecule is CC1(O)CCN(C(=O)c2cc(N3CCNC3=O)ccc2F)CC1. The zero-order valence-corrected chi connectivity index (χ0v) is 13.0. The van der Waals surface area contributed by atoms with E-state index in [9.17, 15) is 19.1 Å². The predicted octanol–water partition coefficient (Wildman–Crippen LogP) is 1.34. The Kier molecular flexibility index (Phi) is 3.97. The van der Waals surface area contributed by atoms with Crippen molar-refractivity contribution in [2.24, 2.45) is 0 Å². The number of urea groups is 1. The van der Waals surface area contributed by atoms with Crippen molar-refractivity contribution in [1.82, 2.24) is 10.2 Å². The topological polar surface area (TPSA) is 72.9 Å². The van der Waals surface area contributed by atoms with Crippen LogP contribution in [0.15, 0.2) is 18.2 Å². The van der Waals surface area contributed by atoms with E-state index in [0.29, 0.717) is 44.7 Å². The highest BCUT2D eigenvalue weighted by molar-refractivity contribution is 5.98. The van der Waals surface area contributed by atoms with Gasteiger partial charge in [-0.1, -0.05) is 0 Å². The van der Waals surface area contributed by atoms with E-state index in [2.05, 4.69) is 5.32 Å². The summed E-state index contributed by atoms with van der Waals surface area (Å²) in [5, 5.41) is 12.6. The average molecular weight is 321 g/mol. The minimum atomic E-state index is -0.773. The molecule has 0 aromatic heterocycles. The van der Waals surface area contributed by atoms with E-state index in [-0.39, 0.29) is 11.6 Å². The molecular formula is C16H20FN3O3. The van der Waals surface area contributed by atoms with E-state index >= 15 is 0 Å². The lowest BCUT2D eigenvalue weighted by Gasteiger charge is -2.35. The van der Waals surface area contributed by atoms with Gasteiger partial charge in [-0.25, -0.2) is 9.18 Å². The Labute approximate surface area is 133 Å². The molecule has 2 heterocycles. The van der Waals surface area contributed by atoms with Crippen molar-refractivity contribution in [3.63, 3.8) is 0 Å². The Morgan fingerprint density at radius 1 is 1.30 bits per heavy atom. The van der Waals surface area contributed by atoms with E-state index in [4.69, 9.17) is 0 Å². The molecule has 6 nitrogen and oxygen atoms in total. The second-order valence-electron chi connectivity index (χ2n) is 6.34. The molecule has 0 atom stereocenters. The van der Waals surface area contributed by atoms with Gasteiger partial charge in [0.05, 0.1) is 11.2 Å². The number of aliphatic hydroxyl groups is 1. The van der Waals surface area contributed by atoms with Crippen LogP contribution in [-0.2, 0) is 0 Å². The van der Waals surface area contributed by atoms with Gasteiger partial charge in [-0.15, -0.1) is 0 Å². The van der Waals surface area contributed by atoms with E-state index in [0.717, 1.165) is 0 Å². The molecule has 2 N–H and O–H groups in total. The summed E-state index contributed by atoms with van der Waals surface area (Å²) in [5.41, 5.74) is -0.303. The summed E-state index contributed by atoms with van der Waals surface area (Å²) in [6.07, 6.45) is 0.934. The second kappa shape index (κ2) is 5.81. The number of benzene rings is 1. The molecule has 0 spiro atoms. The number of halogens is 1. The smallest absolute Gasteiger partial charge is 0.321 e. The molecule has 3 amide bonds. The summed E-state index contributed by atoms with van der Waals surface area (Å²) < 4.78 is 14.1. The number of rotatable bonds is 2. The number of hydrogen-bond acceptors (Lipinski definition) is 3. The summed E-state index contributed by atoms with van der Waals surface area (Å²) in [6.45, 7) is 3.53. The molecular weight excluding hydrogens is 301 g/mol. The quantitative estimate of drug-likeness (QED) is 0.863. The lowest BCUT2D eigenvalue weighted by Crippen LogP contribution is -2.45. The number of hydrogen-bond donors (Lipinski definition) is 2. The fraction of sp³-hybridized carbons (Fsp3) is 0.500. The maximum absolute atomic E-state index is 14.1. The first kappa shape index (κ1) is 15.7. The standard InChI is InChI=1S/C16H20FN3O3/c1-16(23)4-7-19(8-5-16)14(21)12-10-11(2-3-13(12)17)20-9-6-18-15(20)22/h2-3,10,23H,4-9H2,1H3,(H,18,22). The largest absolute Gasteiger partial charge is 0.390 e. The van der Waals surface area contributed by atoms with Crippen molar-refractivity contribution in [2.45, 2.75) is 25.4 Å². The number of piperidine rings is 1. The molecule has 0 saturated carbocycles. The third-order valence-corrected chi connectivity index (χ3v) is 4.48. The summed E-state index contributed by atoms with van der Waals surface area (Å²) in [6, 6.07) is 3.89. The van der Waals surface area contributed by atoms with Crippen LogP contribution >= 0.6 is 0 Å². The monoisotopic (exact) mass is 321 g/mol. The van der Waals surface area contributed by atoms with Crippen LogP contribution in [0.25, 0.3) is 0 Å². The number of carbonyl (C=O) groups excluding carboxylic acids is 2. The summed E-state index contributed by atoms with van der Waals surface area (Å²) in [5.74, 6) is -1.00. The Bertz CT molecular complexity index is 637. The van der Waals surface area contributed by atoms with Crippen molar-refractivity contribution in [3.8, 4) is 0 Å². The molecule has 2 aliphatic rings. The highest BCUT2D eigenvalue weighted by Gasteiger charge is 2.31. The zero-order chi connectivity index (χ0) is 16.6. The van der Waals surface area contributed by atoms with Gasteiger partial charge in [0.2, 0.25) is 0 Å². The van der Waals surface area contributed by atoms with Gasteiger partial charge in [-0.2, -0.15) is 0 Å². The fourth-order valence-electron chi connectivity index (χ4n) is 2.92. The molecule has 3 rings (SSSR count). The van der Waals surface area contributed by atoms with E-state index < -0.39 is 17.3 Å². The third-order valence-electron chi connectivity index (χ3n) is 4.48. The molecule has 0 radical (unpaired) electrons. The normalized spacial score (nSPS) is 20.6. The number of amides is 3. The van der Waals surface area contributed by atoms with Crippen LogP contribution in [0.3, 0.4) is 0 Å². The first-order chi connectivity index (χ1) is 10.9. The molecule has 0 aliphatic carbocycles. The molecule has 1 aromatic carbocycles. The Morgan fingerprint density at radius 3 is 2.61 bits per heavy atom. The van der Waals surface area contributed by atoms with Crippen LogP contribution in [0.1, 0.15) is 30.1 Å². The predicted molar refractivity (Wildman–Crippen MR) is 82.9 cm³/mol. The van der Waals surface area contributed by atoms with Gasteiger partial charge in [0, 0.05) is 31.9 Å². The van der Waals surface area contributed by atoms with Crippen LogP contribution in [0.2, 0.25) is 0 Å². The summed E-state index contributed by atoms with van der Waals surface area (Å²) in [4.78, 5) is 27.3. The van der Waals surface area contributed by atoms with Crippen LogP contribution in [0.5, 0.6) is 0 Å². The fourth-order valence-corrected chi connectivity index (χ4v) is 2.92. The van der Waals surface area contributed by atoms with Gasteiger partial charge < -0.3 is 15.3 Å².